The van der Waals surface area contributed by atoms with Crippen molar-refractivity contribution in [2.75, 3.05) is 0 Å². The molecular formula is C17H24BO5-. The number of ether oxygens (including phenoxy) is 1. The summed E-state index contributed by atoms with van der Waals surface area (Å²) in [7, 11) is 0. The highest BCUT2D eigenvalue weighted by Crippen LogP contribution is 2.51. The summed E-state index contributed by atoms with van der Waals surface area (Å²) in [6.45, 7) is 11.4. The highest BCUT2D eigenvalue weighted by molar-refractivity contribution is 6.65. The van der Waals surface area contributed by atoms with Crippen LogP contribution in [0.2, 0.25) is 0 Å². The molecule has 1 aromatic rings. The number of carbonyl (C=O) groups excluding carboxylic acids is 1. The topological polar surface area (TPSA) is 54.0 Å². The number of hydrogen-bond donors (Lipinski definition) is 0. The molecule has 0 N–H and O–H groups in total. The van der Waals surface area contributed by atoms with Gasteiger partial charge in [-0.3, -0.25) is 0 Å². The highest BCUT2D eigenvalue weighted by atomic mass is 16.9. The van der Waals surface area contributed by atoms with E-state index in [2.05, 4.69) is 12.1 Å². The van der Waals surface area contributed by atoms with Gasteiger partial charge in [0.05, 0.1) is 0 Å². The van der Waals surface area contributed by atoms with Gasteiger partial charge in [-0.25, -0.2) is 4.79 Å². The Kier molecular flexibility index (Phi) is 3.37. The molecule has 2 aliphatic heterocycles. The first-order valence-corrected chi connectivity index (χ1v) is 7.99. The minimum atomic E-state index is -2.35. The third-order valence-corrected chi connectivity index (χ3v) is 5.24. The Balaban J connectivity index is 2.11. The second kappa shape index (κ2) is 4.74. The zero-order valence-electron chi connectivity index (χ0n) is 14.9. The van der Waals surface area contributed by atoms with E-state index in [1.165, 1.54) is 0 Å². The Morgan fingerprint density at radius 2 is 1.43 bits per heavy atom. The summed E-state index contributed by atoms with van der Waals surface area (Å²) in [6, 6.07) is 3.43. The maximum Gasteiger partial charge on any atom is 0.484 e. The summed E-state index contributed by atoms with van der Waals surface area (Å²) in [5.74, 6) is 0. The van der Waals surface area contributed by atoms with E-state index < -0.39 is 30.1 Å². The lowest BCUT2D eigenvalue weighted by molar-refractivity contribution is 0.00578. The van der Waals surface area contributed by atoms with Gasteiger partial charge in [0.15, 0.2) is 0 Å². The Bertz CT molecular complexity index is 641. The molecule has 0 saturated carbocycles. The average Bonchev–Trinajstić information content (AvgIpc) is 2.71. The quantitative estimate of drug-likeness (QED) is 0.580. The van der Waals surface area contributed by atoms with Crippen molar-refractivity contribution in [3.05, 3.63) is 34.4 Å². The summed E-state index contributed by atoms with van der Waals surface area (Å²) in [5, 5.41) is 0. The molecule has 3 rings (SSSR count). The second-order valence-electron chi connectivity index (χ2n) is 7.67. The van der Waals surface area contributed by atoms with Gasteiger partial charge in [0, 0.05) is 11.2 Å². The van der Waals surface area contributed by atoms with E-state index in [9.17, 15) is 4.79 Å². The van der Waals surface area contributed by atoms with Crippen LogP contribution >= 0.6 is 0 Å². The molecule has 2 heterocycles. The van der Waals surface area contributed by atoms with Gasteiger partial charge < -0.3 is 18.7 Å². The minimum absolute atomic E-state index is 0.605. The third-order valence-electron chi connectivity index (χ3n) is 5.24. The number of hydrogen-bond acceptors (Lipinski definition) is 5. The summed E-state index contributed by atoms with van der Waals surface area (Å²) in [6.07, 6.45) is -0.747. The van der Waals surface area contributed by atoms with Crippen molar-refractivity contribution in [1.82, 2.24) is 0 Å². The second-order valence-corrected chi connectivity index (χ2v) is 7.67. The zero-order valence-corrected chi connectivity index (χ0v) is 14.9. The molecule has 126 valence electrons. The molecule has 2 saturated heterocycles. The average molecular weight is 319 g/mol. The first kappa shape index (κ1) is 16.3. The molecule has 1 atom stereocenters. The summed E-state index contributed by atoms with van der Waals surface area (Å²) in [4.78, 5) is 11.9. The molecular weight excluding hydrogens is 295 g/mol. The molecule has 6 heteroatoms. The lowest BCUT2D eigenvalue weighted by Gasteiger charge is -2.36. The summed E-state index contributed by atoms with van der Waals surface area (Å²) in [5.41, 5.74) is 2.90. The van der Waals surface area contributed by atoms with Crippen molar-refractivity contribution in [1.29, 1.82) is 0 Å². The van der Waals surface area contributed by atoms with Crippen LogP contribution < -0.4 is 0 Å². The number of aryl methyl sites for hydroxylation is 3. The summed E-state index contributed by atoms with van der Waals surface area (Å²) >= 11 is 0. The van der Waals surface area contributed by atoms with Crippen LogP contribution in [-0.2, 0) is 18.7 Å². The molecule has 2 fully saturated rings. The van der Waals surface area contributed by atoms with Crippen molar-refractivity contribution in [3.8, 4) is 0 Å². The lowest BCUT2D eigenvalue weighted by Crippen LogP contribution is -2.45. The zero-order chi connectivity index (χ0) is 17.2. The maximum atomic E-state index is 11.9. The lowest BCUT2D eigenvalue weighted by atomic mass is 9.66. The van der Waals surface area contributed by atoms with Crippen LogP contribution in [0.4, 0.5) is 4.79 Å². The number of carbonyl (C=O) groups is 1. The monoisotopic (exact) mass is 319 g/mol. The molecule has 1 unspecified atom stereocenters. The van der Waals surface area contributed by atoms with Gasteiger partial charge in [-0.1, -0.05) is 17.7 Å². The number of benzene rings is 1. The Morgan fingerprint density at radius 1 is 0.957 bits per heavy atom. The van der Waals surface area contributed by atoms with Gasteiger partial charge in [0.1, 0.15) is 6.00 Å². The molecule has 0 radical (unpaired) electrons. The molecule has 0 aliphatic carbocycles. The van der Waals surface area contributed by atoms with Crippen LogP contribution in [-0.4, -0.2) is 24.1 Å². The predicted molar refractivity (Wildman–Crippen MR) is 87.0 cm³/mol. The Morgan fingerprint density at radius 3 is 1.91 bits per heavy atom. The standard InChI is InChI=1S/C17H24BO5/c1-10-8-11(2)13(12(3)9-10)14-18(21-15(19)20-14)22-16(4,5)17(6,7)23-18/h8-9,14H,1-7H3/q-1. The van der Waals surface area contributed by atoms with Crippen molar-refractivity contribution >= 4 is 12.9 Å². The Hall–Kier alpha value is -1.53. The van der Waals surface area contributed by atoms with Crippen molar-refractivity contribution < 1.29 is 23.5 Å². The van der Waals surface area contributed by atoms with Gasteiger partial charge >= 0.3 is 12.9 Å². The van der Waals surface area contributed by atoms with E-state index in [-0.39, 0.29) is 0 Å². The number of cyclic esters (lactones) is 1. The molecule has 0 amide bonds. The molecule has 0 aromatic heterocycles. The van der Waals surface area contributed by atoms with E-state index in [0.29, 0.717) is 0 Å². The highest BCUT2D eigenvalue weighted by Gasteiger charge is 2.63. The molecule has 2 aliphatic rings. The van der Waals surface area contributed by atoms with E-state index in [1.54, 1.807) is 0 Å². The van der Waals surface area contributed by atoms with Crippen LogP contribution in [0.1, 0.15) is 56.0 Å². The smallest absolute Gasteiger partial charge is 0.484 e. The van der Waals surface area contributed by atoms with E-state index in [1.807, 2.05) is 48.5 Å². The van der Waals surface area contributed by atoms with Crippen molar-refractivity contribution in [3.63, 3.8) is 0 Å². The van der Waals surface area contributed by atoms with Crippen molar-refractivity contribution in [2.24, 2.45) is 0 Å². The predicted octanol–water partition coefficient (Wildman–Crippen LogP) is 3.90. The van der Waals surface area contributed by atoms with E-state index in [0.717, 1.165) is 22.3 Å². The van der Waals surface area contributed by atoms with Crippen LogP contribution in [0, 0.1) is 20.8 Å². The van der Waals surface area contributed by atoms with Crippen LogP contribution in [0.25, 0.3) is 0 Å². The van der Waals surface area contributed by atoms with Crippen molar-refractivity contribution in [2.45, 2.75) is 65.7 Å². The molecule has 0 bridgehead atoms. The summed E-state index contributed by atoms with van der Waals surface area (Å²) < 4.78 is 23.3. The Labute approximate surface area is 137 Å². The maximum absolute atomic E-state index is 11.9. The van der Waals surface area contributed by atoms with Gasteiger partial charge in [0.25, 0.3) is 0 Å². The van der Waals surface area contributed by atoms with Gasteiger partial charge in [-0.15, -0.1) is 0 Å². The fourth-order valence-electron chi connectivity index (χ4n) is 3.61. The largest absolute Gasteiger partial charge is 0.609 e. The minimum Gasteiger partial charge on any atom is -0.609 e. The first-order valence-electron chi connectivity index (χ1n) is 7.99. The van der Waals surface area contributed by atoms with Gasteiger partial charge in [-0.05, 0) is 65.2 Å². The molecule has 1 spiro atoms. The first-order chi connectivity index (χ1) is 10.5. The van der Waals surface area contributed by atoms with E-state index >= 15 is 0 Å². The van der Waals surface area contributed by atoms with Crippen LogP contribution in [0.3, 0.4) is 0 Å². The molecule has 23 heavy (non-hydrogen) atoms. The van der Waals surface area contributed by atoms with Crippen LogP contribution in [0.5, 0.6) is 0 Å². The fourth-order valence-corrected chi connectivity index (χ4v) is 3.61. The van der Waals surface area contributed by atoms with Gasteiger partial charge in [-0.2, -0.15) is 0 Å². The fraction of sp³-hybridized carbons (Fsp3) is 0.588. The molecule has 5 nitrogen and oxygen atoms in total. The normalized spacial score (nSPS) is 27.1. The van der Waals surface area contributed by atoms with Crippen LogP contribution in [0.15, 0.2) is 12.1 Å². The van der Waals surface area contributed by atoms with Gasteiger partial charge in [0.2, 0.25) is 0 Å². The van der Waals surface area contributed by atoms with E-state index in [4.69, 9.17) is 18.7 Å². The SMILES string of the molecule is Cc1cc(C)c(C2OC(=O)O[B-]23OC(C)(C)C(C)(C)O3)c(C)c1. The molecule has 1 aromatic carbocycles. The number of rotatable bonds is 1. The third kappa shape index (κ3) is 2.36.